The zero-order valence-corrected chi connectivity index (χ0v) is 19.2. The van der Waals surface area contributed by atoms with Crippen molar-refractivity contribution in [2.75, 3.05) is 12.4 Å². The van der Waals surface area contributed by atoms with Crippen molar-refractivity contribution < 1.29 is 14.1 Å². The maximum Gasteiger partial charge on any atom is 0.273 e. The summed E-state index contributed by atoms with van der Waals surface area (Å²) < 4.78 is 12.3. The molecule has 2 aromatic carbocycles. The number of carbonyl (C=O) groups is 1. The van der Waals surface area contributed by atoms with Gasteiger partial charge in [-0.05, 0) is 42.0 Å². The van der Waals surface area contributed by atoms with Crippen LogP contribution in [0.1, 0.15) is 21.9 Å². The van der Waals surface area contributed by atoms with E-state index in [-0.39, 0.29) is 5.91 Å². The van der Waals surface area contributed by atoms with E-state index >= 15 is 0 Å². The van der Waals surface area contributed by atoms with Gasteiger partial charge in [-0.1, -0.05) is 35.5 Å². The Bertz CT molecular complexity index is 1480. The summed E-state index contributed by atoms with van der Waals surface area (Å²) in [6.45, 7) is 0. The molecule has 5 aromatic rings. The van der Waals surface area contributed by atoms with Crippen LogP contribution in [0.4, 0.5) is 5.69 Å². The average molecular weight is 467 g/mol. The summed E-state index contributed by atoms with van der Waals surface area (Å²) in [7, 11) is 3.35. The van der Waals surface area contributed by atoms with Gasteiger partial charge in [0.15, 0.2) is 0 Å². The summed E-state index contributed by atoms with van der Waals surface area (Å²) in [5.41, 5.74) is 4.29. The molecule has 0 atom stereocenters. The number of aryl methyl sites for hydroxylation is 1. The molecule has 3 heterocycles. The van der Waals surface area contributed by atoms with Gasteiger partial charge in [-0.3, -0.25) is 14.5 Å². The fraction of sp³-hybridized carbons (Fsp3) is 0.115. The minimum absolute atomic E-state index is 0.274. The summed E-state index contributed by atoms with van der Waals surface area (Å²) in [5, 5.41) is 11.5. The molecule has 0 radical (unpaired) electrons. The summed E-state index contributed by atoms with van der Waals surface area (Å²) in [6, 6.07) is 20.5. The lowest BCUT2D eigenvalue weighted by molar-refractivity contribution is 0.101. The predicted molar refractivity (Wildman–Crippen MR) is 130 cm³/mol. The molecular weight excluding hydrogens is 444 g/mol. The largest absolute Gasteiger partial charge is 0.497 e. The zero-order valence-electron chi connectivity index (χ0n) is 19.2. The number of nitrogens with zero attached hydrogens (tertiary/aromatic N) is 5. The summed E-state index contributed by atoms with van der Waals surface area (Å²) >= 11 is 0. The molecular formula is C26H22N6O3. The molecule has 0 unspecified atom stereocenters. The molecule has 0 aliphatic heterocycles. The minimum Gasteiger partial charge on any atom is -0.497 e. The highest BCUT2D eigenvalue weighted by molar-refractivity contribution is 6.04. The second kappa shape index (κ2) is 9.60. The Hall–Kier alpha value is -4.79. The van der Waals surface area contributed by atoms with Gasteiger partial charge in [0.25, 0.3) is 5.91 Å². The van der Waals surface area contributed by atoms with E-state index in [2.05, 4.69) is 25.5 Å². The Kier molecular flexibility index (Phi) is 6.04. The maximum atomic E-state index is 13.1. The van der Waals surface area contributed by atoms with E-state index in [1.807, 2.05) is 60.7 Å². The van der Waals surface area contributed by atoms with Crippen LogP contribution < -0.4 is 10.1 Å². The van der Waals surface area contributed by atoms with Crippen LogP contribution in [0.25, 0.3) is 22.6 Å². The van der Waals surface area contributed by atoms with E-state index in [0.717, 1.165) is 22.4 Å². The van der Waals surface area contributed by atoms with Crippen LogP contribution in [0.5, 0.6) is 5.75 Å². The molecule has 9 nitrogen and oxygen atoms in total. The highest BCUT2D eigenvalue weighted by atomic mass is 16.5. The number of pyridine rings is 1. The lowest BCUT2D eigenvalue weighted by atomic mass is 10.1. The molecule has 174 valence electrons. The standard InChI is InChI=1S/C26H22N6O3/c1-32-23(16-22(30-32)18-7-5-8-20(14-18)34-2)26(33)28-21-9-4-3-6-19(21)15-24-29-25(31-35-24)17-10-12-27-13-11-17/h3-14,16H,15H2,1-2H3,(H,28,33). The van der Waals surface area contributed by atoms with Crippen molar-refractivity contribution in [1.82, 2.24) is 24.9 Å². The number of ether oxygens (including phenoxy) is 1. The van der Waals surface area contributed by atoms with E-state index in [0.29, 0.717) is 35.2 Å². The number of para-hydroxylation sites is 1. The van der Waals surface area contributed by atoms with Crippen molar-refractivity contribution in [3.05, 3.63) is 96.3 Å². The average Bonchev–Trinajstić information content (AvgIpc) is 3.52. The van der Waals surface area contributed by atoms with E-state index in [1.54, 1.807) is 37.3 Å². The third-order valence-electron chi connectivity index (χ3n) is 5.49. The molecule has 0 saturated heterocycles. The van der Waals surface area contributed by atoms with Crippen LogP contribution in [0.2, 0.25) is 0 Å². The van der Waals surface area contributed by atoms with Crippen LogP contribution in [-0.2, 0) is 13.5 Å². The molecule has 1 amide bonds. The fourth-order valence-corrected chi connectivity index (χ4v) is 3.69. The highest BCUT2D eigenvalue weighted by Gasteiger charge is 2.17. The first-order valence-corrected chi connectivity index (χ1v) is 10.9. The van der Waals surface area contributed by atoms with Crippen LogP contribution in [0, 0.1) is 0 Å². The van der Waals surface area contributed by atoms with Crippen LogP contribution in [0.15, 0.2) is 83.6 Å². The fourth-order valence-electron chi connectivity index (χ4n) is 3.69. The first kappa shape index (κ1) is 22.0. The summed E-state index contributed by atoms with van der Waals surface area (Å²) in [6.07, 6.45) is 3.72. The van der Waals surface area contributed by atoms with Gasteiger partial charge in [-0.25, -0.2) is 0 Å². The molecule has 0 spiro atoms. The van der Waals surface area contributed by atoms with Gasteiger partial charge in [-0.2, -0.15) is 10.1 Å². The van der Waals surface area contributed by atoms with Crippen LogP contribution in [-0.4, -0.2) is 37.9 Å². The van der Waals surface area contributed by atoms with Crippen molar-refractivity contribution in [3.63, 3.8) is 0 Å². The molecule has 0 aliphatic rings. The smallest absolute Gasteiger partial charge is 0.273 e. The molecule has 5 rings (SSSR count). The molecule has 1 N–H and O–H groups in total. The topological polar surface area (TPSA) is 108 Å². The molecule has 0 aliphatic carbocycles. The van der Waals surface area contributed by atoms with Crippen molar-refractivity contribution in [3.8, 4) is 28.4 Å². The third-order valence-corrected chi connectivity index (χ3v) is 5.49. The Morgan fingerprint density at radius 1 is 1.03 bits per heavy atom. The van der Waals surface area contributed by atoms with Crippen molar-refractivity contribution in [2.45, 2.75) is 6.42 Å². The number of aromatic nitrogens is 5. The number of benzene rings is 2. The molecule has 35 heavy (non-hydrogen) atoms. The van der Waals surface area contributed by atoms with Crippen molar-refractivity contribution >= 4 is 11.6 Å². The first-order chi connectivity index (χ1) is 17.1. The molecule has 9 heteroatoms. The van der Waals surface area contributed by atoms with Crippen molar-refractivity contribution in [1.29, 1.82) is 0 Å². The van der Waals surface area contributed by atoms with E-state index in [1.165, 1.54) is 0 Å². The van der Waals surface area contributed by atoms with Gasteiger partial charge >= 0.3 is 0 Å². The highest BCUT2D eigenvalue weighted by Crippen LogP contribution is 2.25. The first-order valence-electron chi connectivity index (χ1n) is 10.9. The Morgan fingerprint density at radius 2 is 1.86 bits per heavy atom. The van der Waals surface area contributed by atoms with Gasteiger partial charge in [0.1, 0.15) is 11.4 Å². The third kappa shape index (κ3) is 4.79. The summed E-state index contributed by atoms with van der Waals surface area (Å²) in [5.74, 6) is 1.38. The SMILES string of the molecule is COc1cccc(-c2cc(C(=O)Nc3ccccc3Cc3nc(-c4ccncc4)no3)n(C)n2)c1. The van der Waals surface area contributed by atoms with Crippen LogP contribution in [0.3, 0.4) is 0 Å². The summed E-state index contributed by atoms with van der Waals surface area (Å²) in [4.78, 5) is 21.6. The lowest BCUT2D eigenvalue weighted by Crippen LogP contribution is -2.17. The maximum absolute atomic E-state index is 13.1. The van der Waals surface area contributed by atoms with E-state index < -0.39 is 0 Å². The normalized spacial score (nSPS) is 10.8. The Labute approximate surface area is 201 Å². The number of anilines is 1. The number of carbonyl (C=O) groups excluding carboxylic acids is 1. The monoisotopic (exact) mass is 466 g/mol. The quantitative estimate of drug-likeness (QED) is 0.379. The van der Waals surface area contributed by atoms with Crippen molar-refractivity contribution in [2.24, 2.45) is 7.05 Å². The molecule has 0 fully saturated rings. The Balaban J connectivity index is 1.35. The van der Waals surface area contributed by atoms with E-state index in [4.69, 9.17) is 9.26 Å². The molecule has 0 saturated carbocycles. The Morgan fingerprint density at radius 3 is 2.69 bits per heavy atom. The van der Waals surface area contributed by atoms with Crippen LogP contribution >= 0.6 is 0 Å². The molecule has 0 bridgehead atoms. The van der Waals surface area contributed by atoms with Gasteiger partial charge in [0.05, 0.1) is 19.2 Å². The second-order valence-corrected chi connectivity index (χ2v) is 7.81. The second-order valence-electron chi connectivity index (χ2n) is 7.81. The van der Waals surface area contributed by atoms with Gasteiger partial charge in [0, 0.05) is 36.3 Å². The minimum atomic E-state index is -0.274. The van der Waals surface area contributed by atoms with Gasteiger partial charge < -0.3 is 14.6 Å². The van der Waals surface area contributed by atoms with Gasteiger partial charge in [0.2, 0.25) is 11.7 Å². The number of methoxy groups -OCH3 is 1. The number of nitrogens with one attached hydrogen (secondary N) is 1. The number of amides is 1. The number of rotatable bonds is 7. The van der Waals surface area contributed by atoms with E-state index in [9.17, 15) is 4.79 Å². The predicted octanol–water partition coefficient (Wildman–Crippen LogP) is 4.38. The lowest BCUT2D eigenvalue weighted by Gasteiger charge is -2.09. The number of hydrogen-bond acceptors (Lipinski definition) is 7. The number of hydrogen-bond donors (Lipinski definition) is 1. The van der Waals surface area contributed by atoms with Gasteiger partial charge in [-0.15, -0.1) is 0 Å². The zero-order chi connectivity index (χ0) is 24.2. The molecule has 3 aromatic heterocycles.